The quantitative estimate of drug-likeness (QED) is 0.487. The van der Waals surface area contributed by atoms with Crippen molar-refractivity contribution in [3.8, 4) is 11.1 Å². The Hall–Kier alpha value is -3.33. The van der Waals surface area contributed by atoms with Crippen molar-refractivity contribution >= 4 is 41.1 Å². The summed E-state index contributed by atoms with van der Waals surface area (Å²) >= 11 is 1.57. The van der Waals surface area contributed by atoms with Crippen molar-refractivity contribution < 1.29 is 23.9 Å². The summed E-state index contributed by atoms with van der Waals surface area (Å²) in [6, 6.07) is 12.9. The summed E-state index contributed by atoms with van der Waals surface area (Å²) in [6.45, 7) is 0. The number of thioether (sulfide) groups is 1. The van der Waals surface area contributed by atoms with Gasteiger partial charge < -0.3 is 20.7 Å². The Morgan fingerprint density at radius 3 is 2.58 bits per heavy atom. The molecule has 174 valence electrons. The standard InChI is InChI=1S/C24H27N3O5S/c1-32-24(31)20(12-13-33-2)27-22(29)17-9-8-16(14-18(17)15-6-4-3-5-7-15)25-23(30)19-10-11-21(28)26-19/h3-9,14,19-20H,10-13H2,1-2H3,(H,25,30)(H,26,28)(H,27,29)/t19-,20-/m0/s1. The van der Waals surface area contributed by atoms with Gasteiger partial charge in [0.05, 0.1) is 7.11 Å². The molecule has 1 aliphatic rings. The van der Waals surface area contributed by atoms with Crippen LogP contribution >= 0.6 is 11.8 Å². The molecule has 0 bridgehead atoms. The van der Waals surface area contributed by atoms with Gasteiger partial charge in [-0.05, 0) is 54.2 Å². The van der Waals surface area contributed by atoms with Gasteiger partial charge in [-0.2, -0.15) is 11.8 Å². The number of amides is 3. The minimum absolute atomic E-state index is 0.145. The van der Waals surface area contributed by atoms with Gasteiger partial charge in [0.2, 0.25) is 11.8 Å². The van der Waals surface area contributed by atoms with Crippen molar-refractivity contribution in [3.05, 3.63) is 54.1 Å². The number of nitrogens with one attached hydrogen (secondary N) is 3. The molecule has 3 rings (SSSR count). The highest BCUT2D eigenvalue weighted by molar-refractivity contribution is 7.98. The molecule has 0 unspecified atom stereocenters. The van der Waals surface area contributed by atoms with Gasteiger partial charge in [-0.3, -0.25) is 14.4 Å². The van der Waals surface area contributed by atoms with Crippen molar-refractivity contribution in [2.24, 2.45) is 0 Å². The first kappa shape index (κ1) is 24.3. The number of esters is 1. The van der Waals surface area contributed by atoms with E-state index in [0.29, 0.717) is 41.8 Å². The third-order valence-electron chi connectivity index (χ3n) is 5.33. The van der Waals surface area contributed by atoms with E-state index in [1.807, 2.05) is 36.6 Å². The molecule has 9 heteroatoms. The fourth-order valence-corrected chi connectivity index (χ4v) is 4.05. The zero-order valence-electron chi connectivity index (χ0n) is 18.6. The molecule has 1 heterocycles. The lowest BCUT2D eigenvalue weighted by Crippen LogP contribution is -2.42. The number of carbonyl (C=O) groups is 4. The van der Waals surface area contributed by atoms with Gasteiger partial charge in [-0.15, -0.1) is 0 Å². The lowest BCUT2D eigenvalue weighted by molar-refractivity contribution is -0.142. The molecule has 2 aromatic carbocycles. The highest BCUT2D eigenvalue weighted by Gasteiger charge is 2.28. The number of carbonyl (C=O) groups excluding carboxylic acids is 4. The van der Waals surface area contributed by atoms with Crippen molar-refractivity contribution in [2.45, 2.75) is 31.3 Å². The lowest BCUT2D eigenvalue weighted by Gasteiger charge is -2.18. The van der Waals surface area contributed by atoms with Gasteiger partial charge >= 0.3 is 5.97 Å². The molecule has 33 heavy (non-hydrogen) atoms. The molecule has 1 aliphatic heterocycles. The smallest absolute Gasteiger partial charge is 0.328 e. The van der Waals surface area contributed by atoms with E-state index >= 15 is 0 Å². The topological polar surface area (TPSA) is 114 Å². The Labute approximate surface area is 196 Å². The van der Waals surface area contributed by atoms with Crippen LogP contribution < -0.4 is 16.0 Å². The Morgan fingerprint density at radius 2 is 1.94 bits per heavy atom. The molecule has 2 atom stereocenters. The molecular weight excluding hydrogens is 442 g/mol. The van der Waals surface area contributed by atoms with Crippen LogP contribution in [0.5, 0.6) is 0 Å². The van der Waals surface area contributed by atoms with Gasteiger partial charge in [-0.1, -0.05) is 30.3 Å². The summed E-state index contributed by atoms with van der Waals surface area (Å²) in [7, 11) is 1.29. The van der Waals surface area contributed by atoms with Crippen LogP contribution in [0.2, 0.25) is 0 Å². The maximum atomic E-state index is 13.2. The van der Waals surface area contributed by atoms with Crippen molar-refractivity contribution in [1.29, 1.82) is 0 Å². The second-order valence-electron chi connectivity index (χ2n) is 7.61. The van der Waals surface area contributed by atoms with E-state index in [2.05, 4.69) is 16.0 Å². The Kier molecular flexibility index (Phi) is 8.48. The van der Waals surface area contributed by atoms with E-state index in [0.717, 1.165) is 5.56 Å². The van der Waals surface area contributed by atoms with Gasteiger partial charge in [0.25, 0.3) is 5.91 Å². The number of hydrogen-bond acceptors (Lipinski definition) is 6. The minimum Gasteiger partial charge on any atom is -0.467 e. The predicted octanol–water partition coefficient (Wildman–Crippen LogP) is 2.60. The lowest BCUT2D eigenvalue weighted by atomic mass is 9.98. The molecule has 0 saturated carbocycles. The van der Waals surface area contributed by atoms with Crippen molar-refractivity contribution in [1.82, 2.24) is 10.6 Å². The van der Waals surface area contributed by atoms with Crippen LogP contribution in [0.25, 0.3) is 11.1 Å². The molecule has 2 aromatic rings. The third-order valence-corrected chi connectivity index (χ3v) is 5.97. The van der Waals surface area contributed by atoms with Crippen LogP contribution in [-0.2, 0) is 19.1 Å². The summed E-state index contributed by atoms with van der Waals surface area (Å²) in [5, 5.41) is 8.24. The van der Waals surface area contributed by atoms with Crippen LogP contribution in [0.1, 0.15) is 29.6 Å². The summed E-state index contributed by atoms with van der Waals surface area (Å²) in [5.74, 6) is -0.671. The monoisotopic (exact) mass is 469 g/mol. The van der Waals surface area contributed by atoms with E-state index in [9.17, 15) is 19.2 Å². The molecule has 3 amide bonds. The predicted molar refractivity (Wildman–Crippen MR) is 128 cm³/mol. The SMILES string of the molecule is COC(=O)[C@H](CCSC)NC(=O)c1ccc(NC(=O)[C@@H]2CCC(=O)N2)cc1-c1ccccc1. The second kappa shape index (κ2) is 11.5. The highest BCUT2D eigenvalue weighted by atomic mass is 32.2. The number of benzene rings is 2. The van der Waals surface area contributed by atoms with Crippen LogP contribution in [0.3, 0.4) is 0 Å². The van der Waals surface area contributed by atoms with Crippen LogP contribution in [-0.4, -0.2) is 54.9 Å². The van der Waals surface area contributed by atoms with E-state index < -0.39 is 24.0 Å². The first-order valence-electron chi connectivity index (χ1n) is 10.6. The van der Waals surface area contributed by atoms with Gasteiger partial charge in [0.1, 0.15) is 12.1 Å². The summed E-state index contributed by atoms with van der Waals surface area (Å²) in [4.78, 5) is 49.2. The van der Waals surface area contributed by atoms with E-state index in [-0.39, 0.29) is 11.8 Å². The van der Waals surface area contributed by atoms with E-state index in [1.165, 1.54) is 7.11 Å². The second-order valence-corrected chi connectivity index (χ2v) is 8.59. The third kappa shape index (κ3) is 6.35. The Morgan fingerprint density at radius 1 is 1.18 bits per heavy atom. The first-order valence-corrected chi connectivity index (χ1v) is 12.0. The summed E-state index contributed by atoms with van der Waals surface area (Å²) in [5.41, 5.74) is 2.26. The molecule has 0 aliphatic carbocycles. The van der Waals surface area contributed by atoms with Gasteiger partial charge in [0, 0.05) is 17.7 Å². The zero-order valence-corrected chi connectivity index (χ0v) is 19.4. The number of anilines is 1. The van der Waals surface area contributed by atoms with Crippen LogP contribution in [0, 0.1) is 0 Å². The molecule has 0 aromatic heterocycles. The zero-order chi connectivity index (χ0) is 23.8. The minimum atomic E-state index is -0.760. The number of rotatable bonds is 9. The highest BCUT2D eigenvalue weighted by Crippen LogP contribution is 2.28. The molecule has 3 N–H and O–H groups in total. The normalized spacial score (nSPS) is 15.9. The number of methoxy groups -OCH3 is 1. The maximum Gasteiger partial charge on any atom is 0.328 e. The first-order chi connectivity index (χ1) is 15.9. The van der Waals surface area contributed by atoms with E-state index in [4.69, 9.17) is 4.74 Å². The Balaban J connectivity index is 1.87. The van der Waals surface area contributed by atoms with Crippen LogP contribution in [0.15, 0.2) is 48.5 Å². The summed E-state index contributed by atoms with van der Waals surface area (Å²) < 4.78 is 4.84. The van der Waals surface area contributed by atoms with Crippen LogP contribution in [0.4, 0.5) is 5.69 Å². The average Bonchev–Trinajstić information content (AvgIpc) is 3.28. The average molecular weight is 470 g/mol. The fraction of sp³-hybridized carbons (Fsp3) is 0.333. The largest absolute Gasteiger partial charge is 0.467 e. The molecule has 8 nitrogen and oxygen atoms in total. The van der Waals surface area contributed by atoms with E-state index in [1.54, 1.807) is 30.0 Å². The Bertz CT molecular complexity index is 1030. The van der Waals surface area contributed by atoms with Gasteiger partial charge in [-0.25, -0.2) is 4.79 Å². The molecule has 1 fully saturated rings. The summed E-state index contributed by atoms with van der Waals surface area (Å²) in [6.07, 6.45) is 3.14. The molecule has 1 saturated heterocycles. The fourth-order valence-electron chi connectivity index (χ4n) is 3.58. The number of hydrogen-bond donors (Lipinski definition) is 3. The molecule has 0 spiro atoms. The molecular formula is C24H27N3O5S. The molecule has 0 radical (unpaired) electrons. The maximum absolute atomic E-state index is 13.2. The van der Waals surface area contributed by atoms with Crippen molar-refractivity contribution in [2.75, 3.05) is 24.4 Å². The van der Waals surface area contributed by atoms with Gasteiger partial charge in [0.15, 0.2) is 0 Å². The number of ether oxygens (including phenoxy) is 1. The van der Waals surface area contributed by atoms with Crippen molar-refractivity contribution in [3.63, 3.8) is 0 Å².